The third kappa shape index (κ3) is 5.37. The van der Waals surface area contributed by atoms with E-state index in [1.807, 2.05) is 12.1 Å². The molecule has 6 heteroatoms. The second-order valence-corrected chi connectivity index (χ2v) is 4.07. The van der Waals surface area contributed by atoms with Crippen molar-refractivity contribution in [1.82, 2.24) is 5.43 Å². The van der Waals surface area contributed by atoms with Crippen LogP contribution in [0.5, 0.6) is 5.75 Å². The van der Waals surface area contributed by atoms with Gasteiger partial charge in [0.2, 0.25) is 0 Å². The molecule has 102 valence electrons. The molecule has 1 aromatic rings. The van der Waals surface area contributed by atoms with E-state index in [4.69, 9.17) is 10.6 Å². The van der Waals surface area contributed by atoms with Crippen LogP contribution in [-0.4, -0.2) is 19.3 Å². The highest BCUT2D eigenvalue weighted by atomic mass is 19.4. The van der Waals surface area contributed by atoms with E-state index in [1.54, 1.807) is 19.2 Å². The zero-order valence-electron chi connectivity index (χ0n) is 10.1. The molecule has 0 saturated heterocycles. The highest BCUT2D eigenvalue weighted by Crippen LogP contribution is 2.23. The molecule has 0 heterocycles. The quantitative estimate of drug-likeness (QED) is 0.611. The summed E-state index contributed by atoms with van der Waals surface area (Å²) in [6.07, 6.45) is -4.24. The molecule has 3 nitrogen and oxygen atoms in total. The highest BCUT2D eigenvalue weighted by molar-refractivity contribution is 5.27. The van der Waals surface area contributed by atoms with Gasteiger partial charge in [0.15, 0.2) is 0 Å². The Morgan fingerprint density at radius 2 is 1.89 bits per heavy atom. The molecule has 0 spiro atoms. The molecular weight excluding hydrogens is 245 g/mol. The largest absolute Gasteiger partial charge is 0.497 e. The predicted molar refractivity (Wildman–Crippen MR) is 63.1 cm³/mol. The fraction of sp³-hybridized carbons (Fsp3) is 0.500. The Bertz CT molecular complexity index is 351. The zero-order chi connectivity index (χ0) is 13.6. The van der Waals surface area contributed by atoms with E-state index >= 15 is 0 Å². The molecule has 0 aliphatic heterocycles. The number of aryl methyl sites for hydroxylation is 1. The summed E-state index contributed by atoms with van der Waals surface area (Å²) in [6.45, 7) is 0. The number of hydrogen-bond donors (Lipinski definition) is 2. The van der Waals surface area contributed by atoms with Crippen LogP contribution in [0, 0.1) is 0 Å². The van der Waals surface area contributed by atoms with Crippen molar-refractivity contribution >= 4 is 0 Å². The number of nitrogens with one attached hydrogen (secondary N) is 1. The van der Waals surface area contributed by atoms with Crippen LogP contribution in [0.4, 0.5) is 13.2 Å². The minimum Gasteiger partial charge on any atom is -0.497 e. The fourth-order valence-electron chi connectivity index (χ4n) is 1.66. The smallest absolute Gasteiger partial charge is 0.390 e. The van der Waals surface area contributed by atoms with Gasteiger partial charge in [-0.15, -0.1) is 0 Å². The number of halogens is 3. The SMILES string of the molecule is COc1ccc(CCC(CC(F)(F)F)NN)cc1. The predicted octanol–water partition coefficient (Wildman–Crippen LogP) is 2.41. The Labute approximate surface area is 104 Å². The van der Waals surface area contributed by atoms with Crippen molar-refractivity contribution in [1.29, 1.82) is 0 Å². The topological polar surface area (TPSA) is 47.3 Å². The summed E-state index contributed by atoms with van der Waals surface area (Å²) in [6, 6.07) is 6.47. The maximum Gasteiger partial charge on any atom is 0.390 e. The first-order valence-electron chi connectivity index (χ1n) is 5.60. The maximum atomic E-state index is 12.2. The van der Waals surface area contributed by atoms with Crippen LogP contribution < -0.4 is 16.0 Å². The molecule has 0 amide bonds. The lowest BCUT2D eigenvalue weighted by Gasteiger charge is -2.17. The van der Waals surface area contributed by atoms with Gasteiger partial charge in [-0.25, -0.2) is 0 Å². The Hall–Kier alpha value is -1.27. The van der Waals surface area contributed by atoms with Crippen molar-refractivity contribution in [2.24, 2.45) is 5.84 Å². The van der Waals surface area contributed by atoms with Gasteiger partial charge >= 0.3 is 6.18 Å². The third-order valence-electron chi connectivity index (χ3n) is 2.65. The average molecular weight is 262 g/mol. The Kier molecular flexibility index (Phi) is 5.43. The average Bonchev–Trinajstić information content (AvgIpc) is 2.33. The van der Waals surface area contributed by atoms with Crippen molar-refractivity contribution in [3.05, 3.63) is 29.8 Å². The van der Waals surface area contributed by atoms with Gasteiger partial charge in [-0.1, -0.05) is 12.1 Å². The Balaban J connectivity index is 2.46. The number of alkyl halides is 3. The summed E-state index contributed by atoms with van der Waals surface area (Å²) in [5.74, 6) is 5.84. The Morgan fingerprint density at radius 1 is 1.28 bits per heavy atom. The molecule has 0 fully saturated rings. The van der Waals surface area contributed by atoms with Crippen molar-refractivity contribution in [3.63, 3.8) is 0 Å². The van der Waals surface area contributed by atoms with E-state index in [0.29, 0.717) is 12.8 Å². The van der Waals surface area contributed by atoms with Crippen molar-refractivity contribution in [2.75, 3.05) is 7.11 Å². The second-order valence-electron chi connectivity index (χ2n) is 4.07. The minimum atomic E-state index is -4.20. The van der Waals surface area contributed by atoms with Crippen molar-refractivity contribution in [3.8, 4) is 5.75 Å². The third-order valence-corrected chi connectivity index (χ3v) is 2.65. The fourth-order valence-corrected chi connectivity index (χ4v) is 1.66. The minimum absolute atomic E-state index is 0.336. The van der Waals surface area contributed by atoms with Gasteiger partial charge in [-0.3, -0.25) is 11.3 Å². The van der Waals surface area contributed by atoms with Gasteiger partial charge in [0.1, 0.15) is 5.75 Å². The molecule has 0 aliphatic rings. The van der Waals surface area contributed by atoms with E-state index in [-0.39, 0.29) is 0 Å². The number of hydrogen-bond acceptors (Lipinski definition) is 3. The number of ether oxygens (including phenoxy) is 1. The maximum absolute atomic E-state index is 12.2. The molecule has 0 radical (unpaired) electrons. The molecule has 0 aromatic heterocycles. The summed E-state index contributed by atoms with van der Waals surface area (Å²) in [7, 11) is 1.56. The summed E-state index contributed by atoms with van der Waals surface area (Å²) < 4.78 is 41.6. The first-order chi connectivity index (χ1) is 8.44. The molecule has 1 unspecified atom stereocenters. The molecule has 1 aromatic carbocycles. The van der Waals surface area contributed by atoms with Crippen LogP contribution in [0.2, 0.25) is 0 Å². The molecule has 1 rings (SSSR count). The lowest BCUT2D eigenvalue weighted by atomic mass is 10.0. The van der Waals surface area contributed by atoms with Crippen LogP contribution in [0.25, 0.3) is 0 Å². The molecule has 0 aliphatic carbocycles. The number of nitrogens with two attached hydrogens (primary N) is 1. The number of benzene rings is 1. The summed E-state index contributed by atoms with van der Waals surface area (Å²) in [5.41, 5.74) is 3.16. The van der Waals surface area contributed by atoms with Gasteiger partial charge < -0.3 is 4.74 Å². The van der Waals surface area contributed by atoms with Gasteiger partial charge in [-0.05, 0) is 30.5 Å². The molecule has 3 N–H and O–H groups in total. The van der Waals surface area contributed by atoms with Gasteiger partial charge in [0.25, 0.3) is 0 Å². The standard InChI is InChI=1S/C12H17F3N2O/c1-18-11-6-3-9(4-7-11)2-5-10(17-16)8-12(13,14)15/h3-4,6-7,10,17H,2,5,8,16H2,1H3. The van der Waals surface area contributed by atoms with Crippen molar-refractivity contribution in [2.45, 2.75) is 31.5 Å². The molecule has 18 heavy (non-hydrogen) atoms. The van der Waals surface area contributed by atoms with Gasteiger partial charge in [0, 0.05) is 6.04 Å². The lowest BCUT2D eigenvalue weighted by Crippen LogP contribution is -2.38. The van der Waals surface area contributed by atoms with Crippen LogP contribution in [0.3, 0.4) is 0 Å². The van der Waals surface area contributed by atoms with Crippen LogP contribution in [0.15, 0.2) is 24.3 Å². The van der Waals surface area contributed by atoms with E-state index < -0.39 is 18.6 Å². The summed E-state index contributed by atoms with van der Waals surface area (Å²) in [5, 5.41) is 0. The van der Waals surface area contributed by atoms with E-state index in [0.717, 1.165) is 11.3 Å². The summed E-state index contributed by atoms with van der Waals surface area (Å²) >= 11 is 0. The summed E-state index contributed by atoms with van der Waals surface area (Å²) in [4.78, 5) is 0. The van der Waals surface area contributed by atoms with E-state index in [9.17, 15) is 13.2 Å². The normalized spacial score (nSPS) is 13.4. The molecule has 1 atom stereocenters. The van der Waals surface area contributed by atoms with E-state index in [2.05, 4.69) is 5.43 Å². The van der Waals surface area contributed by atoms with Crippen LogP contribution in [0.1, 0.15) is 18.4 Å². The monoisotopic (exact) mass is 262 g/mol. The molecule has 0 bridgehead atoms. The van der Waals surface area contributed by atoms with Crippen LogP contribution >= 0.6 is 0 Å². The highest BCUT2D eigenvalue weighted by Gasteiger charge is 2.31. The number of hydrazine groups is 1. The zero-order valence-corrected chi connectivity index (χ0v) is 10.1. The number of methoxy groups -OCH3 is 1. The first kappa shape index (κ1) is 14.8. The first-order valence-corrected chi connectivity index (χ1v) is 5.60. The Morgan fingerprint density at radius 3 is 2.33 bits per heavy atom. The second kappa shape index (κ2) is 6.61. The van der Waals surface area contributed by atoms with Crippen molar-refractivity contribution < 1.29 is 17.9 Å². The number of rotatable bonds is 6. The molecular formula is C12H17F3N2O. The lowest BCUT2D eigenvalue weighted by molar-refractivity contribution is -0.140. The van der Waals surface area contributed by atoms with E-state index in [1.165, 1.54) is 0 Å². The van der Waals surface area contributed by atoms with Crippen LogP contribution in [-0.2, 0) is 6.42 Å². The van der Waals surface area contributed by atoms with Gasteiger partial charge in [-0.2, -0.15) is 13.2 Å². The van der Waals surface area contributed by atoms with Gasteiger partial charge in [0.05, 0.1) is 13.5 Å². The molecule has 0 saturated carbocycles.